The molecule has 4 aromatic heterocycles. The zero-order valence-electron chi connectivity index (χ0n) is 35.0. The van der Waals surface area contributed by atoms with Crippen LogP contribution in [-0.2, 0) is 0 Å². The van der Waals surface area contributed by atoms with Gasteiger partial charge in [-0.1, -0.05) is 127 Å². The van der Waals surface area contributed by atoms with Crippen molar-refractivity contribution in [3.63, 3.8) is 0 Å². The van der Waals surface area contributed by atoms with Gasteiger partial charge in [0, 0.05) is 65.7 Å². The molecule has 14 aromatic rings. The monoisotopic (exact) mass is 828 g/mol. The average Bonchev–Trinajstić information content (AvgIpc) is 4.09. The average molecular weight is 829 g/mol. The number of hydrogen-bond acceptors (Lipinski definition) is 1. The van der Waals surface area contributed by atoms with Crippen LogP contribution in [0.5, 0.6) is 11.5 Å². The Hall–Kier alpha value is -8.80. The molecule has 5 nitrogen and oxygen atoms in total. The topological polar surface area (TPSA) is 28.9 Å². The van der Waals surface area contributed by atoms with E-state index in [4.69, 9.17) is 4.74 Å². The molecule has 0 atom stereocenters. The second-order valence-electron chi connectivity index (χ2n) is 17.3. The highest BCUT2D eigenvalue weighted by Crippen LogP contribution is 2.49. The van der Waals surface area contributed by atoms with Crippen molar-refractivity contribution in [3.05, 3.63) is 218 Å². The molecule has 15 rings (SSSR count). The largest absolute Gasteiger partial charge is 0.453 e. The number of nitrogens with zero attached hydrogens (tertiary/aromatic N) is 4. The molecule has 1 aliphatic rings. The van der Waals surface area contributed by atoms with Gasteiger partial charge in [-0.2, -0.15) is 0 Å². The summed E-state index contributed by atoms with van der Waals surface area (Å²) in [5, 5.41) is 9.83. The highest BCUT2D eigenvalue weighted by atomic mass is 16.5. The first-order valence-electron chi connectivity index (χ1n) is 22.3. The first kappa shape index (κ1) is 34.7. The van der Waals surface area contributed by atoms with Crippen molar-refractivity contribution >= 4 is 87.2 Å². The standard InChI is InChI=1S/C60H36N4O/c1-6-20-50-42(13-1)43-14-2-7-21-51(43)62(50)39-31-33-55-48(35-39)49-36-40(63-52-22-8-3-15-44(52)45-16-4-9-23-53(45)63)32-34-56(49)61(55)38-29-27-37(28-30-38)41-18-11-25-57-59(41)64-54-24-10-5-17-46(54)47-19-12-26-58(65-57)60(47)64/h1-36H. The number of rotatable bonds is 4. The number of ether oxygens (including phenoxy) is 1. The van der Waals surface area contributed by atoms with Crippen LogP contribution in [0.2, 0.25) is 0 Å². The van der Waals surface area contributed by atoms with E-state index in [0.717, 1.165) is 61.9 Å². The second-order valence-corrected chi connectivity index (χ2v) is 17.3. The quantitative estimate of drug-likeness (QED) is 0.174. The van der Waals surface area contributed by atoms with Crippen LogP contribution in [-0.4, -0.2) is 18.3 Å². The summed E-state index contributed by atoms with van der Waals surface area (Å²) in [5.74, 6) is 1.74. The van der Waals surface area contributed by atoms with Gasteiger partial charge < -0.3 is 23.0 Å². The maximum Gasteiger partial charge on any atom is 0.152 e. The molecule has 5 heteroatoms. The van der Waals surface area contributed by atoms with Gasteiger partial charge in [0.2, 0.25) is 0 Å². The third kappa shape index (κ3) is 4.71. The van der Waals surface area contributed by atoms with E-state index in [9.17, 15) is 0 Å². The van der Waals surface area contributed by atoms with Crippen LogP contribution in [0.15, 0.2) is 218 Å². The summed E-state index contributed by atoms with van der Waals surface area (Å²) in [5.41, 5.74) is 16.1. The van der Waals surface area contributed by atoms with Gasteiger partial charge in [-0.15, -0.1) is 0 Å². The van der Waals surface area contributed by atoms with E-state index in [1.54, 1.807) is 0 Å². The van der Waals surface area contributed by atoms with E-state index >= 15 is 0 Å². The van der Waals surface area contributed by atoms with E-state index in [0.29, 0.717) is 0 Å². The second kappa shape index (κ2) is 12.9. The molecule has 1 aliphatic heterocycles. The first-order valence-corrected chi connectivity index (χ1v) is 22.3. The van der Waals surface area contributed by atoms with Gasteiger partial charge in [0.05, 0.1) is 49.8 Å². The summed E-state index contributed by atoms with van der Waals surface area (Å²) in [7, 11) is 0. The third-order valence-electron chi connectivity index (χ3n) is 13.9. The predicted octanol–water partition coefficient (Wildman–Crippen LogP) is 15.8. The Balaban J connectivity index is 0.950. The lowest BCUT2D eigenvalue weighted by Crippen LogP contribution is -2.06. The Kier molecular flexibility index (Phi) is 6.89. The molecule has 0 saturated carbocycles. The number of para-hydroxylation sites is 7. The molecule has 0 saturated heterocycles. The molecule has 0 radical (unpaired) electrons. The molecule has 0 spiro atoms. The van der Waals surface area contributed by atoms with Crippen LogP contribution >= 0.6 is 0 Å². The van der Waals surface area contributed by atoms with E-state index in [2.05, 4.69) is 237 Å². The maximum absolute atomic E-state index is 6.66. The molecule has 0 unspecified atom stereocenters. The van der Waals surface area contributed by atoms with Gasteiger partial charge in [0.1, 0.15) is 0 Å². The van der Waals surface area contributed by atoms with Gasteiger partial charge in [0.25, 0.3) is 0 Å². The summed E-state index contributed by atoms with van der Waals surface area (Å²) in [6, 6.07) is 79.5. The minimum Gasteiger partial charge on any atom is -0.453 e. The number of fused-ring (bicyclic) bond motifs is 14. The molecular weight excluding hydrogens is 793 g/mol. The van der Waals surface area contributed by atoms with Gasteiger partial charge in [-0.05, 0) is 96.6 Å². The van der Waals surface area contributed by atoms with E-state index < -0.39 is 0 Å². The third-order valence-corrected chi connectivity index (χ3v) is 13.9. The van der Waals surface area contributed by atoms with Crippen molar-refractivity contribution in [2.75, 3.05) is 0 Å². The Morgan fingerprint density at radius 1 is 0.262 bits per heavy atom. The van der Waals surface area contributed by atoms with Crippen LogP contribution in [0.1, 0.15) is 0 Å². The van der Waals surface area contributed by atoms with Crippen molar-refractivity contribution in [2.45, 2.75) is 0 Å². The number of hydrogen-bond donors (Lipinski definition) is 0. The van der Waals surface area contributed by atoms with Crippen molar-refractivity contribution in [3.8, 4) is 45.4 Å². The van der Waals surface area contributed by atoms with Gasteiger partial charge in [-0.25, -0.2) is 0 Å². The fourth-order valence-corrected chi connectivity index (χ4v) is 11.2. The lowest BCUT2D eigenvalue weighted by atomic mass is 10.0. The fourth-order valence-electron chi connectivity index (χ4n) is 11.2. The number of aromatic nitrogens is 4. The molecule has 0 N–H and O–H groups in total. The zero-order chi connectivity index (χ0) is 42.3. The Labute approximate surface area is 372 Å². The summed E-state index contributed by atoms with van der Waals surface area (Å²) >= 11 is 0. The summed E-state index contributed by atoms with van der Waals surface area (Å²) in [6.45, 7) is 0. The molecule has 0 aliphatic carbocycles. The van der Waals surface area contributed by atoms with Crippen LogP contribution in [0.25, 0.3) is 121 Å². The molecule has 0 bridgehead atoms. The molecule has 0 amide bonds. The van der Waals surface area contributed by atoms with Crippen LogP contribution in [0.4, 0.5) is 0 Å². The van der Waals surface area contributed by atoms with Crippen LogP contribution in [0.3, 0.4) is 0 Å². The normalized spacial score (nSPS) is 12.4. The Morgan fingerprint density at radius 2 is 0.646 bits per heavy atom. The van der Waals surface area contributed by atoms with E-state index in [1.165, 1.54) is 70.7 Å². The summed E-state index contributed by atoms with van der Waals surface area (Å²) < 4.78 is 16.3. The molecule has 5 heterocycles. The minimum absolute atomic E-state index is 0.855. The Morgan fingerprint density at radius 3 is 1.17 bits per heavy atom. The highest BCUT2D eigenvalue weighted by molar-refractivity contribution is 6.15. The zero-order valence-corrected chi connectivity index (χ0v) is 35.0. The lowest BCUT2D eigenvalue weighted by molar-refractivity contribution is 0.477. The minimum atomic E-state index is 0.855. The SMILES string of the molecule is c1cc2c(c(-c3ccc(-n4c5ccc(-n6c7ccccc7c7ccccc76)cc5c5cc(-n6c7ccccc7c7ccccc76)ccc54)cc3)c1)-n1c3ccccc3c3cccc(c31)O2. The van der Waals surface area contributed by atoms with Gasteiger partial charge >= 0.3 is 0 Å². The molecule has 302 valence electrons. The van der Waals surface area contributed by atoms with Crippen molar-refractivity contribution < 1.29 is 4.74 Å². The summed E-state index contributed by atoms with van der Waals surface area (Å²) in [6.07, 6.45) is 0. The van der Waals surface area contributed by atoms with Crippen molar-refractivity contribution in [2.24, 2.45) is 0 Å². The van der Waals surface area contributed by atoms with Crippen LogP contribution < -0.4 is 4.74 Å². The predicted molar refractivity (Wildman–Crippen MR) is 269 cm³/mol. The van der Waals surface area contributed by atoms with Gasteiger partial charge in [0.15, 0.2) is 11.5 Å². The first-order chi connectivity index (χ1) is 32.3. The van der Waals surface area contributed by atoms with Crippen LogP contribution in [0, 0.1) is 0 Å². The van der Waals surface area contributed by atoms with Crippen molar-refractivity contribution in [1.29, 1.82) is 0 Å². The maximum atomic E-state index is 6.66. The Bertz CT molecular complexity index is 4050. The summed E-state index contributed by atoms with van der Waals surface area (Å²) in [4.78, 5) is 0. The number of benzene rings is 10. The molecular formula is C60H36N4O. The smallest absolute Gasteiger partial charge is 0.152 e. The van der Waals surface area contributed by atoms with E-state index in [1.807, 2.05) is 0 Å². The molecule has 0 fully saturated rings. The van der Waals surface area contributed by atoms with Gasteiger partial charge in [-0.3, -0.25) is 0 Å². The van der Waals surface area contributed by atoms with Crippen molar-refractivity contribution in [1.82, 2.24) is 18.3 Å². The fraction of sp³-hybridized carbons (Fsp3) is 0. The van der Waals surface area contributed by atoms with E-state index in [-0.39, 0.29) is 0 Å². The highest BCUT2D eigenvalue weighted by Gasteiger charge is 2.26. The molecule has 65 heavy (non-hydrogen) atoms. The lowest BCUT2D eigenvalue weighted by Gasteiger charge is -2.23. The molecule has 10 aromatic carbocycles.